The third-order valence-corrected chi connectivity index (χ3v) is 6.94. The Hall–Kier alpha value is -1.97. The minimum absolute atomic E-state index is 0.0327. The molecule has 1 N–H and O–H groups in total. The molecule has 0 bridgehead atoms. The number of amides is 2. The van der Waals surface area contributed by atoms with Crippen molar-refractivity contribution in [2.75, 3.05) is 39.4 Å². The number of sulfonamides is 1. The Kier molecular flexibility index (Phi) is 7.03. The Labute approximate surface area is 165 Å². The monoisotopic (exact) mass is 409 g/mol. The van der Waals surface area contributed by atoms with Crippen molar-refractivity contribution in [2.24, 2.45) is 0 Å². The van der Waals surface area contributed by atoms with Crippen molar-refractivity contribution in [1.29, 1.82) is 0 Å². The zero-order chi connectivity index (χ0) is 20.0. The van der Waals surface area contributed by atoms with Crippen molar-refractivity contribution in [3.63, 3.8) is 0 Å². The van der Waals surface area contributed by atoms with E-state index in [1.807, 2.05) is 0 Å². The second-order valence-corrected chi connectivity index (χ2v) is 9.00. The first-order valence-corrected chi connectivity index (χ1v) is 11.1. The normalized spacial score (nSPS) is 19.3. The van der Waals surface area contributed by atoms with Crippen LogP contribution in [0.5, 0.6) is 0 Å². The standard InChI is InChI=1S/C19H27N3O5S/c23-18(15-21-9-3-1-2-4-19(21)24)20-14-16-5-7-17(8-6-16)28(25,26)22-10-12-27-13-11-22/h5-8H,1-4,9-15H2,(H,20,23). The lowest BCUT2D eigenvalue weighted by Crippen LogP contribution is -2.40. The molecule has 2 heterocycles. The summed E-state index contributed by atoms with van der Waals surface area (Å²) >= 11 is 0. The predicted octanol–water partition coefficient (Wildman–Crippen LogP) is 0.726. The van der Waals surface area contributed by atoms with Crippen molar-refractivity contribution < 1.29 is 22.7 Å². The Balaban J connectivity index is 1.52. The Morgan fingerprint density at radius 2 is 1.75 bits per heavy atom. The van der Waals surface area contributed by atoms with Crippen LogP contribution in [0.25, 0.3) is 0 Å². The summed E-state index contributed by atoms with van der Waals surface area (Å²) < 4.78 is 31.8. The number of hydrogen-bond acceptors (Lipinski definition) is 5. The highest BCUT2D eigenvalue weighted by Crippen LogP contribution is 2.17. The lowest BCUT2D eigenvalue weighted by Gasteiger charge is -2.26. The lowest BCUT2D eigenvalue weighted by atomic mass is 10.2. The zero-order valence-corrected chi connectivity index (χ0v) is 16.7. The number of nitrogens with zero attached hydrogens (tertiary/aromatic N) is 2. The first kappa shape index (κ1) is 20.8. The number of carbonyl (C=O) groups excluding carboxylic acids is 2. The van der Waals surface area contributed by atoms with Crippen LogP contribution in [0.3, 0.4) is 0 Å². The molecular formula is C19H27N3O5S. The molecule has 0 radical (unpaired) electrons. The number of nitrogens with one attached hydrogen (secondary N) is 1. The molecule has 3 rings (SSSR count). The van der Waals surface area contributed by atoms with Gasteiger partial charge in [0.1, 0.15) is 0 Å². The molecule has 2 amide bonds. The number of rotatable bonds is 6. The molecule has 154 valence electrons. The Bertz CT molecular complexity index is 788. The fraction of sp³-hybridized carbons (Fsp3) is 0.579. The van der Waals surface area contributed by atoms with Crippen molar-refractivity contribution >= 4 is 21.8 Å². The fourth-order valence-electron chi connectivity index (χ4n) is 3.35. The first-order chi connectivity index (χ1) is 13.5. The number of ether oxygens (including phenoxy) is 1. The van der Waals surface area contributed by atoms with E-state index in [1.54, 1.807) is 29.2 Å². The van der Waals surface area contributed by atoms with Crippen LogP contribution >= 0.6 is 0 Å². The summed E-state index contributed by atoms with van der Waals surface area (Å²) in [6.07, 6.45) is 3.34. The third-order valence-electron chi connectivity index (χ3n) is 5.03. The summed E-state index contributed by atoms with van der Waals surface area (Å²) in [6.45, 7) is 2.51. The summed E-state index contributed by atoms with van der Waals surface area (Å²) in [7, 11) is -3.52. The van der Waals surface area contributed by atoms with Gasteiger partial charge in [0.15, 0.2) is 0 Å². The number of morpholine rings is 1. The van der Waals surface area contributed by atoms with Gasteiger partial charge in [-0.15, -0.1) is 0 Å². The minimum atomic E-state index is -3.52. The van der Waals surface area contributed by atoms with Gasteiger partial charge < -0.3 is 15.0 Å². The molecule has 0 aromatic heterocycles. The molecule has 9 heteroatoms. The second-order valence-electron chi connectivity index (χ2n) is 7.06. The summed E-state index contributed by atoms with van der Waals surface area (Å²) in [6, 6.07) is 6.52. The van der Waals surface area contributed by atoms with Gasteiger partial charge in [-0.2, -0.15) is 4.31 Å². The summed E-state index contributed by atoms with van der Waals surface area (Å²) in [4.78, 5) is 26.0. The summed E-state index contributed by atoms with van der Waals surface area (Å²) in [5, 5.41) is 2.80. The van der Waals surface area contributed by atoms with E-state index in [0.717, 1.165) is 24.8 Å². The van der Waals surface area contributed by atoms with Gasteiger partial charge in [-0.25, -0.2) is 8.42 Å². The molecule has 28 heavy (non-hydrogen) atoms. The van der Waals surface area contributed by atoms with Gasteiger partial charge >= 0.3 is 0 Å². The predicted molar refractivity (Wildman–Crippen MR) is 103 cm³/mol. The topological polar surface area (TPSA) is 96.0 Å². The van der Waals surface area contributed by atoms with Crippen LogP contribution in [0.2, 0.25) is 0 Å². The quantitative estimate of drug-likeness (QED) is 0.747. The minimum Gasteiger partial charge on any atom is -0.379 e. The van der Waals surface area contributed by atoms with E-state index < -0.39 is 10.0 Å². The lowest BCUT2D eigenvalue weighted by molar-refractivity contribution is -0.135. The smallest absolute Gasteiger partial charge is 0.243 e. The first-order valence-electron chi connectivity index (χ1n) is 9.68. The maximum Gasteiger partial charge on any atom is 0.243 e. The van der Waals surface area contributed by atoms with Crippen LogP contribution < -0.4 is 5.32 Å². The van der Waals surface area contributed by atoms with Crippen molar-refractivity contribution in [2.45, 2.75) is 37.1 Å². The highest BCUT2D eigenvalue weighted by Gasteiger charge is 2.26. The summed E-state index contributed by atoms with van der Waals surface area (Å²) in [5.41, 5.74) is 0.802. The van der Waals surface area contributed by atoms with Gasteiger partial charge in [0.25, 0.3) is 0 Å². The van der Waals surface area contributed by atoms with E-state index in [0.29, 0.717) is 45.8 Å². The molecule has 0 aliphatic carbocycles. The van der Waals surface area contributed by atoms with E-state index in [-0.39, 0.29) is 23.3 Å². The molecule has 8 nitrogen and oxygen atoms in total. The fourth-order valence-corrected chi connectivity index (χ4v) is 4.76. The van der Waals surface area contributed by atoms with Gasteiger partial charge in [0.2, 0.25) is 21.8 Å². The van der Waals surface area contributed by atoms with Gasteiger partial charge in [0.05, 0.1) is 24.7 Å². The van der Waals surface area contributed by atoms with Crippen molar-refractivity contribution in [3.05, 3.63) is 29.8 Å². The highest BCUT2D eigenvalue weighted by atomic mass is 32.2. The maximum absolute atomic E-state index is 12.6. The average molecular weight is 410 g/mol. The SMILES string of the molecule is O=C(CN1CCCCCC1=O)NCc1ccc(S(=O)(=O)N2CCOCC2)cc1. The molecule has 0 saturated carbocycles. The van der Waals surface area contributed by atoms with Crippen molar-refractivity contribution in [1.82, 2.24) is 14.5 Å². The molecule has 1 aromatic carbocycles. The summed E-state index contributed by atoms with van der Waals surface area (Å²) in [5.74, 6) is -0.175. The Morgan fingerprint density at radius 1 is 1.04 bits per heavy atom. The highest BCUT2D eigenvalue weighted by molar-refractivity contribution is 7.89. The van der Waals surface area contributed by atoms with E-state index in [1.165, 1.54) is 4.31 Å². The van der Waals surface area contributed by atoms with Crippen LogP contribution in [0, 0.1) is 0 Å². The molecule has 2 aliphatic rings. The van der Waals surface area contributed by atoms with E-state index in [2.05, 4.69) is 5.32 Å². The number of likely N-dealkylation sites (tertiary alicyclic amines) is 1. The molecule has 1 aromatic rings. The number of benzene rings is 1. The van der Waals surface area contributed by atoms with E-state index in [4.69, 9.17) is 4.74 Å². The van der Waals surface area contributed by atoms with Crippen molar-refractivity contribution in [3.8, 4) is 0 Å². The molecular weight excluding hydrogens is 382 g/mol. The molecule has 2 fully saturated rings. The van der Waals surface area contributed by atoms with Crippen LogP contribution in [-0.4, -0.2) is 68.8 Å². The largest absolute Gasteiger partial charge is 0.379 e. The van der Waals surface area contributed by atoms with E-state index in [9.17, 15) is 18.0 Å². The number of hydrogen-bond donors (Lipinski definition) is 1. The molecule has 2 aliphatic heterocycles. The molecule has 0 spiro atoms. The zero-order valence-electron chi connectivity index (χ0n) is 15.9. The Morgan fingerprint density at radius 3 is 2.46 bits per heavy atom. The van der Waals surface area contributed by atoms with Crippen LogP contribution in [0.4, 0.5) is 0 Å². The third kappa shape index (κ3) is 5.30. The van der Waals surface area contributed by atoms with Gasteiger partial charge in [-0.3, -0.25) is 9.59 Å². The van der Waals surface area contributed by atoms with Gasteiger partial charge in [0, 0.05) is 32.6 Å². The average Bonchev–Trinajstić information content (AvgIpc) is 2.91. The van der Waals surface area contributed by atoms with Crippen LogP contribution in [0.1, 0.15) is 31.2 Å². The molecule has 2 saturated heterocycles. The second kappa shape index (κ2) is 9.49. The van der Waals surface area contributed by atoms with Gasteiger partial charge in [-0.05, 0) is 30.5 Å². The maximum atomic E-state index is 12.6. The molecule has 0 atom stereocenters. The molecule has 0 unspecified atom stereocenters. The van der Waals surface area contributed by atoms with Gasteiger partial charge in [-0.1, -0.05) is 18.6 Å². The number of carbonyl (C=O) groups is 2. The van der Waals surface area contributed by atoms with E-state index >= 15 is 0 Å². The van der Waals surface area contributed by atoms with Crippen LogP contribution in [0.15, 0.2) is 29.2 Å². The van der Waals surface area contributed by atoms with Crippen LogP contribution in [-0.2, 0) is 30.9 Å².